The molecule has 17 heavy (non-hydrogen) atoms. The molecule has 5 heteroatoms. The Balaban J connectivity index is 2.76. The molecule has 0 saturated carbocycles. The van der Waals surface area contributed by atoms with Crippen molar-refractivity contribution >= 4 is 16.8 Å². The van der Waals surface area contributed by atoms with Gasteiger partial charge in [-0.2, -0.15) is 0 Å². The Labute approximate surface area is 104 Å². The number of unbranched alkanes of at least 4 members (excludes halogenated alkanes) is 2. The van der Waals surface area contributed by atoms with E-state index in [2.05, 4.69) is 0 Å². The second-order valence-corrected chi connectivity index (χ2v) is 3.94. The topological polar surface area (TPSA) is 26.3 Å². The van der Waals surface area contributed by atoms with Crippen LogP contribution < -0.4 is 4.74 Å². The Hall–Kier alpha value is -1.16. The smallest absolute Gasteiger partial charge is 0.252 e. The van der Waals surface area contributed by atoms with E-state index in [-0.39, 0.29) is 12.2 Å². The summed E-state index contributed by atoms with van der Waals surface area (Å²) in [5.41, 5.74) is -0.220. The molecule has 0 fully saturated rings. The van der Waals surface area contributed by atoms with Gasteiger partial charge in [0.1, 0.15) is 0 Å². The van der Waals surface area contributed by atoms with Crippen LogP contribution in [0.1, 0.15) is 36.5 Å². The molecule has 1 aromatic carbocycles. The molecule has 0 heterocycles. The van der Waals surface area contributed by atoms with Crippen molar-refractivity contribution in [3.63, 3.8) is 0 Å². The molecule has 0 aliphatic heterocycles. The number of hydrogen-bond acceptors (Lipinski definition) is 2. The molecule has 2 nitrogen and oxygen atoms in total. The van der Waals surface area contributed by atoms with E-state index >= 15 is 0 Å². The number of halogens is 3. The zero-order chi connectivity index (χ0) is 12.8. The van der Waals surface area contributed by atoms with E-state index in [1.807, 2.05) is 6.92 Å². The summed E-state index contributed by atoms with van der Waals surface area (Å²) in [4.78, 5) is 10.8. The van der Waals surface area contributed by atoms with Crippen LogP contribution in [0.5, 0.6) is 5.75 Å². The van der Waals surface area contributed by atoms with E-state index in [1.165, 1.54) is 0 Å². The number of benzene rings is 1. The number of hydrogen-bond donors (Lipinski definition) is 0. The van der Waals surface area contributed by atoms with Crippen LogP contribution in [-0.4, -0.2) is 11.8 Å². The van der Waals surface area contributed by atoms with Crippen LogP contribution in [0.2, 0.25) is 0 Å². The highest BCUT2D eigenvalue weighted by atomic mass is 35.5. The highest BCUT2D eigenvalue weighted by Crippen LogP contribution is 2.24. The van der Waals surface area contributed by atoms with E-state index in [0.29, 0.717) is 0 Å². The lowest BCUT2D eigenvalue weighted by atomic mass is 10.2. The standard InChI is InChI=1S/C12H13ClF2O2/c1-2-3-4-5-17-11-9(14)6-8(12(13)16)7-10(11)15/h6-7H,2-5H2,1H3. The van der Waals surface area contributed by atoms with Gasteiger partial charge < -0.3 is 4.74 Å². The predicted octanol–water partition coefficient (Wildman–Crippen LogP) is 3.91. The molecule has 0 spiro atoms. The molecule has 0 aliphatic rings. The summed E-state index contributed by atoms with van der Waals surface area (Å²) in [6.07, 6.45) is 2.65. The Morgan fingerprint density at radius 3 is 2.35 bits per heavy atom. The van der Waals surface area contributed by atoms with Crippen molar-refractivity contribution in [1.29, 1.82) is 0 Å². The second kappa shape index (κ2) is 6.55. The predicted molar refractivity (Wildman–Crippen MR) is 61.6 cm³/mol. The van der Waals surface area contributed by atoms with Crippen LogP contribution in [0.3, 0.4) is 0 Å². The van der Waals surface area contributed by atoms with Crippen molar-refractivity contribution < 1.29 is 18.3 Å². The summed E-state index contributed by atoms with van der Waals surface area (Å²) in [6.45, 7) is 2.26. The quantitative estimate of drug-likeness (QED) is 0.574. The van der Waals surface area contributed by atoms with Gasteiger partial charge in [0.15, 0.2) is 17.4 Å². The van der Waals surface area contributed by atoms with Crippen LogP contribution in [0, 0.1) is 11.6 Å². The minimum atomic E-state index is -0.912. The zero-order valence-corrected chi connectivity index (χ0v) is 10.2. The fourth-order valence-corrected chi connectivity index (χ4v) is 1.45. The lowest BCUT2D eigenvalue weighted by molar-refractivity contribution is 0.108. The maximum Gasteiger partial charge on any atom is 0.252 e. The van der Waals surface area contributed by atoms with Gasteiger partial charge in [-0.05, 0) is 30.2 Å². The third-order valence-electron chi connectivity index (χ3n) is 2.22. The monoisotopic (exact) mass is 262 g/mol. The average Bonchev–Trinajstić information content (AvgIpc) is 2.26. The van der Waals surface area contributed by atoms with Gasteiger partial charge in [-0.1, -0.05) is 19.8 Å². The first-order chi connectivity index (χ1) is 8.06. The van der Waals surface area contributed by atoms with Crippen molar-refractivity contribution in [2.45, 2.75) is 26.2 Å². The fraction of sp³-hybridized carbons (Fsp3) is 0.417. The summed E-state index contributed by atoms with van der Waals surface area (Å²) < 4.78 is 31.8. The maximum atomic E-state index is 13.4. The second-order valence-electron chi connectivity index (χ2n) is 3.60. The minimum absolute atomic E-state index is 0.220. The van der Waals surface area contributed by atoms with E-state index < -0.39 is 22.6 Å². The van der Waals surface area contributed by atoms with Gasteiger partial charge in [0.05, 0.1) is 6.61 Å². The molecule has 94 valence electrons. The van der Waals surface area contributed by atoms with Crippen molar-refractivity contribution in [2.24, 2.45) is 0 Å². The first-order valence-electron chi connectivity index (χ1n) is 5.38. The highest BCUT2D eigenvalue weighted by molar-refractivity contribution is 6.67. The van der Waals surface area contributed by atoms with Gasteiger partial charge in [-0.15, -0.1) is 0 Å². The van der Waals surface area contributed by atoms with Gasteiger partial charge in [0.2, 0.25) is 0 Å². The molecule has 0 amide bonds. The third kappa shape index (κ3) is 3.97. The van der Waals surface area contributed by atoms with Crippen LogP contribution in [0.4, 0.5) is 8.78 Å². The van der Waals surface area contributed by atoms with E-state index in [4.69, 9.17) is 16.3 Å². The van der Waals surface area contributed by atoms with Crippen LogP contribution >= 0.6 is 11.6 Å². The van der Waals surface area contributed by atoms with Gasteiger partial charge in [-0.25, -0.2) is 8.78 Å². The highest BCUT2D eigenvalue weighted by Gasteiger charge is 2.15. The molecule has 0 unspecified atom stereocenters. The average molecular weight is 263 g/mol. The van der Waals surface area contributed by atoms with Crippen molar-refractivity contribution in [3.8, 4) is 5.75 Å². The summed E-state index contributed by atoms with van der Waals surface area (Å²) in [7, 11) is 0. The fourth-order valence-electron chi connectivity index (χ4n) is 1.34. The van der Waals surface area contributed by atoms with Crippen molar-refractivity contribution in [1.82, 2.24) is 0 Å². The number of rotatable bonds is 6. The van der Waals surface area contributed by atoms with Crippen LogP contribution in [0.15, 0.2) is 12.1 Å². The Kier molecular flexibility index (Phi) is 5.35. The molecule has 1 aromatic rings. The van der Waals surface area contributed by atoms with Crippen LogP contribution in [0.25, 0.3) is 0 Å². The summed E-state index contributed by atoms with van der Waals surface area (Å²) >= 11 is 5.13. The molecule has 0 saturated heterocycles. The van der Waals surface area contributed by atoms with Gasteiger partial charge in [-0.3, -0.25) is 4.79 Å². The van der Waals surface area contributed by atoms with Crippen LogP contribution in [-0.2, 0) is 0 Å². The molecule has 1 rings (SSSR count). The van der Waals surface area contributed by atoms with Gasteiger partial charge in [0, 0.05) is 5.56 Å². The summed E-state index contributed by atoms with van der Waals surface area (Å²) in [5.74, 6) is -2.28. The molecule has 0 bridgehead atoms. The molecular weight excluding hydrogens is 250 g/mol. The number of carbonyl (C=O) groups excluding carboxylic acids is 1. The largest absolute Gasteiger partial charge is 0.488 e. The number of carbonyl (C=O) groups is 1. The Bertz CT molecular complexity index is 384. The Morgan fingerprint density at radius 2 is 1.88 bits per heavy atom. The van der Waals surface area contributed by atoms with Crippen molar-refractivity contribution in [3.05, 3.63) is 29.3 Å². The first-order valence-corrected chi connectivity index (χ1v) is 5.75. The summed E-state index contributed by atoms with van der Waals surface area (Å²) in [6, 6.07) is 1.74. The zero-order valence-electron chi connectivity index (χ0n) is 9.43. The number of ether oxygens (including phenoxy) is 1. The molecule has 0 aromatic heterocycles. The normalized spacial score (nSPS) is 10.4. The summed E-state index contributed by atoms with van der Waals surface area (Å²) in [5, 5.41) is -0.902. The maximum absolute atomic E-state index is 13.4. The van der Waals surface area contributed by atoms with Crippen molar-refractivity contribution in [2.75, 3.05) is 6.61 Å². The molecular formula is C12H13ClF2O2. The van der Waals surface area contributed by atoms with E-state index in [9.17, 15) is 13.6 Å². The lowest BCUT2D eigenvalue weighted by Gasteiger charge is -2.08. The minimum Gasteiger partial charge on any atom is -0.488 e. The van der Waals surface area contributed by atoms with E-state index in [1.54, 1.807) is 0 Å². The molecule has 0 aliphatic carbocycles. The van der Waals surface area contributed by atoms with Gasteiger partial charge in [0.25, 0.3) is 5.24 Å². The lowest BCUT2D eigenvalue weighted by Crippen LogP contribution is -2.03. The Morgan fingerprint density at radius 1 is 1.29 bits per heavy atom. The first kappa shape index (κ1) is 13.9. The SMILES string of the molecule is CCCCCOc1c(F)cc(C(=O)Cl)cc1F. The van der Waals surface area contributed by atoms with E-state index in [0.717, 1.165) is 31.4 Å². The molecule has 0 N–H and O–H groups in total. The molecule has 0 radical (unpaired) electrons. The molecule has 0 atom stereocenters. The third-order valence-corrected chi connectivity index (χ3v) is 2.44. The van der Waals surface area contributed by atoms with Gasteiger partial charge >= 0.3 is 0 Å².